The maximum absolute atomic E-state index is 9.52. The van der Waals surface area contributed by atoms with Gasteiger partial charge in [-0.2, -0.15) is 0 Å². The van der Waals surface area contributed by atoms with Gasteiger partial charge >= 0.3 is 0 Å². The lowest BCUT2D eigenvalue weighted by atomic mass is 10.2. The van der Waals surface area contributed by atoms with E-state index in [1.54, 1.807) is 31.3 Å². The molecule has 0 saturated carbocycles. The molecule has 0 fully saturated rings. The zero-order valence-corrected chi connectivity index (χ0v) is 11.0. The van der Waals surface area contributed by atoms with Crippen LogP contribution in [0.15, 0.2) is 42.6 Å². The van der Waals surface area contributed by atoms with E-state index in [2.05, 4.69) is 4.98 Å². The fourth-order valence-electron chi connectivity index (χ4n) is 1.66. The third-order valence-corrected chi connectivity index (χ3v) is 2.58. The predicted octanol–water partition coefficient (Wildman–Crippen LogP) is 3.33. The van der Waals surface area contributed by atoms with Gasteiger partial charge in [0.25, 0.3) is 0 Å². The first-order valence-electron chi connectivity index (χ1n) is 6.23. The summed E-state index contributed by atoms with van der Waals surface area (Å²) < 4.78 is 11.1. The van der Waals surface area contributed by atoms with Crippen molar-refractivity contribution in [2.75, 3.05) is 6.61 Å². The summed E-state index contributed by atoms with van der Waals surface area (Å²) in [5.41, 5.74) is 0.769. The number of hydrogen-bond donors (Lipinski definition) is 1. The Kier molecular flexibility index (Phi) is 4.36. The van der Waals surface area contributed by atoms with Crippen molar-refractivity contribution >= 4 is 0 Å². The molecule has 4 nitrogen and oxygen atoms in total. The summed E-state index contributed by atoms with van der Waals surface area (Å²) >= 11 is 0. The number of hydrogen-bond acceptors (Lipinski definition) is 4. The molecule has 0 aliphatic heterocycles. The molecule has 19 heavy (non-hydrogen) atoms. The van der Waals surface area contributed by atoms with Crippen molar-refractivity contribution in [3.8, 4) is 17.4 Å². The van der Waals surface area contributed by atoms with Gasteiger partial charge in [0, 0.05) is 18.3 Å². The minimum Gasteiger partial charge on any atom is -0.494 e. The number of aliphatic hydroxyl groups excluding tert-OH is 1. The van der Waals surface area contributed by atoms with Crippen LogP contribution in [0.2, 0.25) is 0 Å². The first-order chi connectivity index (χ1) is 9.19. The van der Waals surface area contributed by atoms with Crippen molar-refractivity contribution in [2.45, 2.75) is 20.0 Å². The highest BCUT2D eigenvalue weighted by Gasteiger charge is 2.05. The Morgan fingerprint density at radius 3 is 2.74 bits per heavy atom. The van der Waals surface area contributed by atoms with Crippen LogP contribution < -0.4 is 9.47 Å². The molecule has 0 aliphatic carbocycles. The highest BCUT2D eigenvalue weighted by Crippen LogP contribution is 2.25. The average molecular weight is 259 g/mol. The quantitative estimate of drug-likeness (QED) is 0.894. The Morgan fingerprint density at radius 1 is 1.21 bits per heavy atom. The van der Waals surface area contributed by atoms with Crippen molar-refractivity contribution in [3.63, 3.8) is 0 Å². The molecule has 0 spiro atoms. The Labute approximate surface area is 112 Å². The largest absolute Gasteiger partial charge is 0.494 e. The third-order valence-electron chi connectivity index (χ3n) is 2.58. The number of aromatic nitrogens is 1. The lowest BCUT2D eigenvalue weighted by molar-refractivity contribution is 0.198. The predicted molar refractivity (Wildman–Crippen MR) is 72.6 cm³/mol. The van der Waals surface area contributed by atoms with Crippen LogP contribution in [0.25, 0.3) is 0 Å². The van der Waals surface area contributed by atoms with E-state index in [0.717, 1.165) is 11.3 Å². The molecule has 2 rings (SSSR count). The maximum Gasteiger partial charge on any atom is 0.219 e. The Morgan fingerprint density at radius 2 is 2.00 bits per heavy atom. The summed E-state index contributed by atoms with van der Waals surface area (Å²) in [5, 5.41) is 9.52. The van der Waals surface area contributed by atoms with Crippen LogP contribution in [0.3, 0.4) is 0 Å². The lowest BCUT2D eigenvalue weighted by Crippen LogP contribution is -1.95. The third kappa shape index (κ3) is 3.69. The van der Waals surface area contributed by atoms with Gasteiger partial charge in [0.1, 0.15) is 11.5 Å². The molecule has 1 atom stereocenters. The Balaban J connectivity index is 2.16. The Hall–Kier alpha value is -2.07. The summed E-state index contributed by atoms with van der Waals surface area (Å²) in [6, 6.07) is 10.8. The van der Waals surface area contributed by atoms with E-state index in [1.165, 1.54) is 0 Å². The molecule has 1 aromatic carbocycles. The van der Waals surface area contributed by atoms with Crippen LogP contribution in [0.5, 0.6) is 17.4 Å². The molecule has 100 valence electrons. The molecular weight excluding hydrogens is 242 g/mol. The molecule has 0 aliphatic rings. The fourth-order valence-corrected chi connectivity index (χ4v) is 1.66. The molecule has 0 amide bonds. The monoisotopic (exact) mass is 259 g/mol. The van der Waals surface area contributed by atoms with Crippen LogP contribution in [0.1, 0.15) is 25.5 Å². The first-order valence-corrected chi connectivity index (χ1v) is 6.23. The molecular formula is C15H17NO3. The van der Waals surface area contributed by atoms with Crippen LogP contribution in [0.4, 0.5) is 0 Å². The van der Waals surface area contributed by atoms with E-state index >= 15 is 0 Å². The van der Waals surface area contributed by atoms with Crippen molar-refractivity contribution < 1.29 is 14.6 Å². The molecule has 2 aromatic rings. The fraction of sp³-hybridized carbons (Fsp3) is 0.267. The van der Waals surface area contributed by atoms with Gasteiger partial charge in [-0.15, -0.1) is 0 Å². The number of aliphatic hydroxyl groups is 1. The summed E-state index contributed by atoms with van der Waals surface area (Å²) in [7, 11) is 0. The van der Waals surface area contributed by atoms with Gasteiger partial charge in [-0.3, -0.25) is 0 Å². The van der Waals surface area contributed by atoms with Crippen molar-refractivity contribution in [1.82, 2.24) is 4.98 Å². The Bertz CT molecular complexity index is 540. The molecule has 1 heterocycles. The summed E-state index contributed by atoms with van der Waals surface area (Å²) in [6.45, 7) is 4.25. The second-order valence-corrected chi connectivity index (χ2v) is 4.11. The van der Waals surface area contributed by atoms with E-state index < -0.39 is 6.10 Å². The second kappa shape index (κ2) is 6.20. The van der Waals surface area contributed by atoms with E-state index in [-0.39, 0.29) is 0 Å². The van der Waals surface area contributed by atoms with E-state index in [0.29, 0.717) is 18.2 Å². The van der Waals surface area contributed by atoms with Gasteiger partial charge in [-0.05, 0) is 37.6 Å². The second-order valence-electron chi connectivity index (χ2n) is 4.11. The van der Waals surface area contributed by atoms with Crippen LogP contribution in [-0.4, -0.2) is 16.7 Å². The lowest BCUT2D eigenvalue weighted by Gasteiger charge is -2.09. The molecule has 0 radical (unpaired) electrons. The number of ether oxygens (including phenoxy) is 2. The van der Waals surface area contributed by atoms with Gasteiger partial charge in [0.15, 0.2) is 0 Å². The summed E-state index contributed by atoms with van der Waals surface area (Å²) in [4.78, 5) is 4.12. The molecule has 4 heteroatoms. The maximum atomic E-state index is 9.52. The average Bonchev–Trinajstić information content (AvgIpc) is 2.40. The number of pyridine rings is 1. The standard InChI is InChI=1S/C15H17NO3/c1-3-18-13-5-4-6-14(10-13)19-15-9-12(11(2)17)7-8-16-15/h4-11,17H,3H2,1-2H3/t11-/m0/s1. The van der Waals surface area contributed by atoms with Crippen LogP contribution in [0, 0.1) is 0 Å². The number of nitrogens with zero attached hydrogens (tertiary/aromatic N) is 1. The minimum atomic E-state index is -0.542. The van der Waals surface area contributed by atoms with Gasteiger partial charge in [-0.1, -0.05) is 6.07 Å². The van der Waals surface area contributed by atoms with Gasteiger partial charge in [-0.25, -0.2) is 4.98 Å². The van der Waals surface area contributed by atoms with Crippen molar-refractivity contribution in [2.24, 2.45) is 0 Å². The van der Waals surface area contributed by atoms with E-state index in [1.807, 2.05) is 25.1 Å². The highest BCUT2D eigenvalue weighted by atomic mass is 16.5. The van der Waals surface area contributed by atoms with Crippen molar-refractivity contribution in [1.29, 1.82) is 0 Å². The zero-order valence-electron chi connectivity index (χ0n) is 11.0. The number of rotatable bonds is 5. The molecule has 1 N–H and O–H groups in total. The van der Waals surface area contributed by atoms with Crippen molar-refractivity contribution in [3.05, 3.63) is 48.2 Å². The SMILES string of the molecule is CCOc1cccc(Oc2cc([C@H](C)O)ccn2)c1. The summed E-state index contributed by atoms with van der Waals surface area (Å²) in [5.74, 6) is 1.86. The smallest absolute Gasteiger partial charge is 0.219 e. The van der Waals surface area contributed by atoms with Crippen LogP contribution in [-0.2, 0) is 0 Å². The molecule has 0 bridgehead atoms. The zero-order chi connectivity index (χ0) is 13.7. The summed E-state index contributed by atoms with van der Waals surface area (Å²) in [6.07, 6.45) is 1.07. The highest BCUT2D eigenvalue weighted by molar-refractivity contribution is 5.35. The van der Waals surface area contributed by atoms with E-state index in [9.17, 15) is 5.11 Å². The number of benzene rings is 1. The van der Waals surface area contributed by atoms with Gasteiger partial charge in [0.05, 0.1) is 12.7 Å². The molecule has 0 unspecified atom stereocenters. The minimum absolute atomic E-state index is 0.451. The molecule has 1 aromatic heterocycles. The first kappa shape index (κ1) is 13.4. The normalized spacial score (nSPS) is 11.9. The van der Waals surface area contributed by atoms with Crippen LogP contribution >= 0.6 is 0 Å². The van der Waals surface area contributed by atoms with E-state index in [4.69, 9.17) is 9.47 Å². The van der Waals surface area contributed by atoms with Gasteiger partial charge in [0.2, 0.25) is 5.88 Å². The topological polar surface area (TPSA) is 51.6 Å². The molecule has 0 saturated heterocycles. The van der Waals surface area contributed by atoms with Gasteiger partial charge < -0.3 is 14.6 Å².